The van der Waals surface area contributed by atoms with Crippen molar-refractivity contribution < 1.29 is 13.9 Å². The molecule has 1 heterocycles. The fourth-order valence-electron chi connectivity index (χ4n) is 2.06. The van der Waals surface area contributed by atoms with E-state index in [2.05, 4.69) is 5.32 Å². The minimum Gasteiger partial charge on any atom is -0.381 e. The van der Waals surface area contributed by atoms with Gasteiger partial charge in [-0.1, -0.05) is 12.1 Å². The lowest BCUT2D eigenvalue weighted by Crippen LogP contribution is -2.33. The fraction of sp³-hybridized carbons (Fsp3) is 0.500. The highest BCUT2D eigenvalue weighted by atomic mass is 19.1. The van der Waals surface area contributed by atoms with E-state index in [-0.39, 0.29) is 11.7 Å². The predicted molar refractivity (Wildman–Crippen MR) is 66.7 cm³/mol. The van der Waals surface area contributed by atoms with Gasteiger partial charge in [0.25, 0.3) is 0 Å². The Morgan fingerprint density at radius 3 is 2.61 bits per heavy atom. The molecule has 0 atom stereocenters. The van der Waals surface area contributed by atoms with Crippen LogP contribution in [0.1, 0.15) is 18.4 Å². The highest BCUT2D eigenvalue weighted by Crippen LogP contribution is 2.13. The summed E-state index contributed by atoms with van der Waals surface area (Å²) in [5.41, 5.74) is 0.834. The average Bonchev–Trinajstić information content (AvgIpc) is 2.40. The van der Waals surface area contributed by atoms with Crippen LogP contribution in [0.5, 0.6) is 0 Å². The molecule has 1 aromatic carbocycles. The molecule has 0 radical (unpaired) electrons. The Hall–Kier alpha value is -1.42. The van der Waals surface area contributed by atoms with Crippen molar-refractivity contribution in [3.63, 3.8) is 0 Å². The van der Waals surface area contributed by atoms with Crippen LogP contribution in [-0.4, -0.2) is 25.7 Å². The van der Waals surface area contributed by atoms with Gasteiger partial charge in [-0.25, -0.2) is 4.39 Å². The van der Waals surface area contributed by atoms with Crippen LogP contribution in [0.2, 0.25) is 0 Å². The quantitative estimate of drug-likeness (QED) is 0.887. The summed E-state index contributed by atoms with van der Waals surface area (Å²) in [6.45, 7) is 2.29. The molecule has 1 saturated heterocycles. The normalized spacial score (nSPS) is 16.5. The van der Waals surface area contributed by atoms with E-state index in [4.69, 9.17) is 4.74 Å². The number of hydrogen-bond acceptors (Lipinski definition) is 2. The van der Waals surface area contributed by atoms with Gasteiger partial charge in [0.05, 0.1) is 6.42 Å². The molecule has 0 aromatic heterocycles. The molecule has 1 N–H and O–H groups in total. The van der Waals surface area contributed by atoms with Crippen LogP contribution in [-0.2, 0) is 16.0 Å². The molecule has 1 aromatic rings. The fourth-order valence-corrected chi connectivity index (χ4v) is 2.06. The van der Waals surface area contributed by atoms with Crippen molar-refractivity contribution in [1.29, 1.82) is 0 Å². The van der Waals surface area contributed by atoms with Crippen LogP contribution in [0.25, 0.3) is 0 Å². The second kappa shape index (κ2) is 6.50. The molecule has 1 aliphatic heterocycles. The molecule has 1 aliphatic rings. The number of hydrogen-bond donors (Lipinski definition) is 1. The molecule has 0 spiro atoms. The van der Waals surface area contributed by atoms with Crippen molar-refractivity contribution in [3.8, 4) is 0 Å². The lowest BCUT2D eigenvalue weighted by atomic mass is 10.0. The van der Waals surface area contributed by atoms with Gasteiger partial charge < -0.3 is 10.1 Å². The lowest BCUT2D eigenvalue weighted by molar-refractivity contribution is -0.120. The number of ether oxygens (including phenoxy) is 1. The SMILES string of the molecule is O=C(Cc1ccc(F)cc1)NCC1CCOCC1. The molecule has 1 amide bonds. The van der Waals surface area contributed by atoms with E-state index in [0.717, 1.165) is 31.6 Å². The zero-order valence-corrected chi connectivity index (χ0v) is 10.3. The van der Waals surface area contributed by atoms with Crippen molar-refractivity contribution in [2.75, 3.05) is 19.8 Å². The molecule has 98 valence electrons. The maximum Gasteiger partial charge on any atom is 0.224 e. The number of rotatable bonds is 4. The molecule has 2 rings (SSSR count). The minimum absolute atomic E-state index is 0.00639. The van der Waals surface area contributed by atoms with Crippen LogP contribution < -0.4 is 5.32 Å². The summed E-state index contributed by atoms with van der Waals surface area (Å²) in [5, 5.41) is 2.93. The Morgan fingerprint density at radius 2 is 1.94 bits per heavy atom. The van der Waals surface area contributed by atoms with E-state index < -0.39 is 0 Å². The first-order chi connectivity index (χ1) is 8.74. The summed E-state index contributed by atoms with van der Waals surface area (Å²) in [4.78, 5) is 11.7. The van der Waals surface area contributed by atoms with Crippen molar-refractivity contribution in [2.45, 2.75) is 19.3 Å². The van der Waals surface area contributed by atoms with Crippen LogP contribution in [0.3, 0.4) is 0 Å². The number of halogens is 1. The third-order valence-corrected chi connectivity index (χ3v) is 3.21. The van der Waals surface area contributed by atoms with E-state index in [1.807, 2.05) is 0 Å². The van der Waals surface area contributed by atoms with E-state index in [0.29, 0.717) is 18.9 Å². The van der Waals surface area contributed by atoms with Crippen LogP contribution in [0.15, 0.2) is 24.3 Å². The molecule has 0 aliphatic carbocycles. The minimum atomic E-state index is -0.277. The molecule has 18 heavy (non-hydrogen) atoms. The van der Waals surface area contributed by atoms with Gasteiger partial charge in [-0.15, -0.1) is 0 Å². The largest absolute Gasteiger partial charge is 0.381 e. The lowest BCUT2D eigenvalue weighted by Gasteiger charge is -2.22. The van der Waals surface area contributed by atoms with E-state index in [1.54, 1.807) is 12.1 Å². The van der Waals surface area contributed by atoms with E-state index >= 15 is 0 Å². The Bertz CT molecular complexity index is 385. The Kier molecular flexibility index (Phi) is 4.70. The van der Waals surface area contributed by atoms with Gasteiger partial charge in [0, 0.05) is 19.8 Å². The third-order valence-electron chi connectivity index (χ3n) is 3.21. The van der Waals surface area contributed by atoms with Gasteiger partial charge in [-0.2, -0.15) is 0 Å². The van der Waals surface area contributed by atoms with Gasteiger partial charge in [0.2, 0.25) is 5.91 Å². The number of nitrogens with one attached hydrogen (secondary N) is 1. The molecule has 1 fully saturated rings. The first-order valence-corrected chi connectivity index (χ1v) is 6.33. The maximum atomic E-state index is 12.7. The monoisotopic (exact) mass is 251 g/mol. The Morgan fingerprint density at radius 1 is 1.28 bits per heavy atom. The number of benzene rings is 1. The number of carbonyl (C=O) groups is 1. The van der Waals surface area contributed by atoms with Gasteiger partial charge in [0.1, 0.15) is 5.82 Å². The summed E-state index contributed by atoms with van der Waals surface area (Å²) in [6.07, 6.45) is 2.33. The second-order valence-electron chi connectivity index (χ2n) is 4.66. The molecule has 3 nitrogen and oxygen atoms in total. The summed E-state index contributed by atoms with van der Waals surface area (Å²) in [5.74, 6) is 0.241. The predicted octanol–water partition coefficient (Wildman–Crippen LogP) is 1.91. The molecule has 0 saturated carbocycles. The summed E-state index contributed by atoms with van der Waals surface area (Å²) in [7, 11) is 0. The topological polar surface area (TPSA) is 38.3 Å². The molecule has 0 unspecified atom stereocenters. The van der Waals surface area contributed by atoms with Crippen molar-refractivity contribution in [2.24, 2.45) is 5.92 Å². The standard InChI is InChI=1S/C14H18FNO2/c15-13-3-1-11(2-4-13)9-14(17)16-10-12-5-7-18-8-6-12/h1-4,12H,5-10H2,(H,16,17). The zero-order chi connectivity index (χ0) is 12.8. The van der Waals surface area contributed by atoms with Gasteiger partial charge in [-0.05, 0) is 36.5 Å². The molecular weight excluding hydrogens is 233 g/mol. The number of carbonyl (C=O) groups excluding carboxylic acids is 1. The Labute approximate surface area is 106 Å². The summed E-state index contributed by atoms with van der Waals surface area (Å²) < 4.78 is 18.0. The summed E-state index contributed by atoms with van der Waals surface area (Å²) in [6, 6.07) is 6.04. The first-order valence-electron chi connectivity index (χ1n) is 6.33. The van der Waals surface area contributed by atoms with Crippen LogP contribution in [0.4, 0.5) is 4.39 Å². The maximum absolute atomic E-state index is 12.7. The third kappa shape index (κ3) is 4.11. The van der Waals surface area contributed by atoms with Crippen molar-refractivity contribution >= 4 is 5.91 Å². The first kappa shape index (κ1) is 13.0. The summed E-state index contributed by atoms with van der Waals surface area (Å²) >= 11 is 0. The smallest absolute Gasteiger partial charge is 0.224 e. The molecule has 4 heteroatoms. The second-order valence-corrected chi connectivity index (χ2v) is 4.66. The Balaban J connectivity index is 1.73. The van der Waals surface area contributed by atoms with Gasteiger partial charge in [0.15, 0.2) is 0 Å². The molecule has 0 bridgehead atoms. The van der Waals surface area contributed by atoms with Crippen LogP contribution in [0, 0.1) is 11.7 Å². The van der Waals surface area contributed by atoms with Crippen molar-refractivity contribution in [1.82, 2.24) is 5.32 Å². The number of amides is 1. The van der Waals surface area contributed by atoms with Gasteiger partial charge in [-0.3, -0.25) is 4.79 Å². The average molecular weight is 251 g/mol. The van der Waals surface area contributed by atoms with E-state index in [9.17, 15) is 9.18 Å². The molecular formula is C14H18FNO2. The highest BCUT2D eigenvalue weighted by Gasteiger charge is 2.14. The highest BCUT2D eigenvalue weighted by molar-refractivity contribution is 5.78. The van der Waals surface area contributed by atoms with Gasteiger partial charge >= 0.3 is 0 Å². The zero-order valence-electron chi connectivity index (χ0n) is 10.3. The van der Waals surface area contributed by atoms with Crippen molar-refractivity contribution in [3.05, 3.63) is 35.6 Å². The van der Waals surface area contributed by atoms with E-state index in [1.165, 1.54) is 12.1 Å². The van der Waals surface area contributed by atoms with Crippen LogP contribution >= 0.6 is 0 Å².